The molecule has 0 atom stereocenters. The molecule has 1 aliphatic carbocycles. The standard InChI is InChI=1S/C19H21NO3/c1-19(2)11-10-12-6-5-9-15(16(12)23-19)20-17(21)13-7-3-4-8-14(13)18(20)22/h5-6,9H,3-4,7-8,10-11H2,1-2H3. The highest BCUT2D eigenvalue weighted by atomic mass is 16.5. The van der Waals surface area contributed by atoms with E-state index in [4.69, 9.17) is 4.74 Å². The molecule has 0 aromatic heterocycles. The van der Waals surface area contributed by atoms with Crippen LogP contribution < -0.4 is 9.64 Å². The van der Waals surface area contributed by atoms with E-state index < -0.39 is 0 Å². The molecule has 3 aliphatic rings. The number of aryl methyl sites for hydroxylation is 1. The van der Waals surface area contributed by atoms with E-state index in [1.165, 1.54) is 4.90 Å². The summed E-state index contributed by atoms with van der Waals surface area (Å²) in [4.78, 5) is 26.9. The van der Waals surface area contributed by atoms with Gasteiger partial charge in [0.25, 0.3) is 11.8 Å². The highest BCUT2D eigenvalue weighted by Crippen LogP contribution is 2.44. The number of fused-ring (bicyclic) bond motifs is 1. The van der Waals surface area contributed by atoms with Gasteiger partial charge < -0.3 is 4.74 Å². The lowest BCUT2D eigenvalue weighted by atomic mass is 9.93. The summed E-state index contributed by atoms with van der Waals surface area (Å²) >= 11 is 0. The monoisotopic (exact) mass is 311 g/mol. The average Bonchev–Trinajstić information content (AvgIpc) is 2.78. The minimum atomic E-state index is -0.276. The van der Waals surface area contributed by atoms with E-state index in [-0.39, 0.29) is 17.4 Å². The number of hydrogen-bond donors (Lipinski definition) is 0. The molecule has 4 heteroatoms. The van der Waals surface area contributed by atoms with Crippen LogP contribution in [0.1, 0.15) is 51.5 Å². The van der Waals surface area contributed by atoms with Crippen molar-refractivity contribution < 1.29 is 14.3 Å². The quantitative estimate of drug-likeness (QED) is 0.745. The van der Waals surface area contributed by atoms with Crippen molar-refractivity contribution in [1.82, 2.24) is 0 Å². The van der Waals surface area contributed by atoms with E-state index in [0.717, 1.165) is 44.1 Å². The average molecular weight is 311 g/mol. The van der Waals surface area contributed by atoms with Gasteiger partial charge in [-0.3, -0.25) is 9.59 Å². The first-order chi connectivity index (χ1) is 11.0. The number of ether oxygens (including phenoxy) is 1. The van der Waals surface area contributed by atoms with Gasteiger partial charge in [-0.2, -0.15) is 0 Å². The van der Waals surface area contributed by atoms with Crippen molar-refractivity contribution in [2.45, 2.75) is 58.0 Å². The molecule has 23 heavy (non-hydrogen) atoms. The summed E-state index contributed by atoms with van der Waals surface area (Å²) in [6.45, 7) is 4.09. The van der Waals surface area contributed by atoms with Gasteiger partial charge in [-0.1, -0.05) is 12.1 Å². The Morgan fingerprint density at radius 3 is 2.30 bits per heavy atom. The number of nitrogens with zero attached hydrogens (tertiary/aromatic N) is 1. The Morgan fingerprint density at radius 1 is 1.00 bits per heavy atom. The maximum Gasteiger partial charge on any atom is 0.261 e. The molecular weight excluding hydrogens is 290 g/mol. The molecule has 1 aromatic rings. The van der Waals surface area contributed by atoms with Gasteiger partial charge in [-0.15, -0.1) is 0 Å². The molecule has 0 spiro atoms. The maximum absolute atomic E-state index is 12.8. The number of carbonyl (C=O) groups excluding carboxylic acids is 2. The number of hydrogen-bond acceptors (Lipinski definition) is 3. The van der Waals surface area contributed by atoms with Crippen LogP contribution in [-0.2, 0) is 16.0 Å². The van der Waals surface area contributed by atoms with E-state index in [9.17, 15) is 9.59 Å². The molecule has 1 aromatic carbocycles. The third-order valence-electron chi connectivity index (χ3n) is 5.08. The van der Waals surface area contributed by atoms with Gasteiger partial charge in [-0.25, -0.2) is 4.90 Å². The van der Waals surface area contributed by atoms with Crippen LogP contribution in [0, 0.1) is 0 Å². The van der Waals surface area contributed by atoms with Crippen LogP contribution in [0.3, 0.4) is 0 Å². The molecule has 2 aliphatic heterocycles. The third kappa shape index (κ3) is 2.19. The lowest BCUT2D eigenvalue weighted by Gasteiger charge is -2.34. The largest absolute Gasteiger partial charge is 0.485 e. The molecule has 0 saturated carbocycles. The van der Waals surface area contributed by atoms with Gasteiger partial charge in [0.15, 0.2) is 0 Å². The van der Waals surface area contributed by atoms with Gasteiger partial charge >= 0.3 is 0 Å². The van der Waals surface area contributed by atoms with Crippen molar-refractivity contribution in [3.8, 4) is 5.75 Å². The van der Waals surface area contributed by atoms with Gasteiger partial charge in [0.2, 0.25) is 0 Å². The second kappa shape index (κ2) is 4.95. The van der Waals surface area contributed by atoms with Crippen LogP contribution in [0.25, 0.3) is 0 Å². The van der Waals surface area contributed by atoms with Gasteiger partial charge in [0.1, 0.15) is 11.4 Å². The van der Waals surface area contributed by atoms with E-state index in [1.54, 1.807) is 0 Å². The molecule has 0 saturated heterocycles. The third-order valence-corrected chi connectivity index (χ3v) is 5.08. The van der Waals surface area contributed by atoms with Crippen molar-refractivity contribution in [3.05, 3.63) is 34.9 Å². The highest BCUT2D eigenvalue weighted by Gasteiger charge is 2.42. The minimum Gasteiger partial charge on any atom is -0.485 e. The molecule has 0 bridgehead atoms. The second-order valence-corrected chi connectivity index (χ2v) is 7.24. The Hall–Kier alpha value is -2.10. The van der Waals surface area contributed by atoms with Gasteiger partial charge in [0.05, 0.1) is 5.69 Å². The molecule has 0 N–H and O–H groups in total. The van der Waals surface area contributed by atoms with E-state index in [1.807, 2.05) is 32.0 Å². The topological polar surface area (TPSA) is 46.6 Å². The molecule has 0 radical (unpaired) electrons. The SMILES string of the molecule is CC1(C)CCc2cccc(N3C(=O)C4=C(CCCC4)C3=O)c2O1. The molecule has 4 nitrogen and oxygen atoms in total. The first-order valence-electron chi connectivity index (χ1n) is 8.40. The zero-order valence-electron chi connectivity index (χ0n) is 13.6. The Balaban J connectivity index is 1.78. The summed E-state index contributed by atoms with van der Waals surface area (Å²) in [6, 6.07) is 5.76. The van der Waals surface area contributed by atoms with Gasteiger partial charge in [0, 0.05) is 11.1 Å². The molecule has 0 fully saturated rings. The number of rotatable bonds is 1. The van der Waals surface area contributed by atoms with Gasteiger partial charge in [-0.05, 0) is 64.0 Å². The number of imide groups is 1. The normalized spacial score (nSPS) is 22.8. The van der Waals surface area contributed by atoms with Crippen LogP contribution >= 0.6 is 0 Å². The Morgan fingerprint density at radius 2 is 1.65 bits per heavy atom. The number of benzene rings is 1. The van der Waals surface area contributed by atoms with Crippen LogP contribution in [0.5, 0.6) is 5.75 Å². The number of amides is 2. The van der Waals surface area contributed by atoms with Crippen LogP contribution in [0.15, 0.2) is 29.3 Å². The summed E-state index contributed by atoms with van der Waals surface area (Å²) < 4.78 is 6.15. The van der Waals surface area contributed by atoms with E-state index in [2.05, 4.69) is 0 Å². The van der Waals surface area contributed by atoms with Crippen molar-refractivity contribution in [2.24, 2.45) is 0 Å². The lowest BCUT2D eigenvalue weighted by Crippen LogP contribution is -2.36. The first kappa shape index (κ1) is 14.5. The molecule has 2 amide bonds. The number of para-hydroxylation sites is 1. The fraction of sp³-hybridized carbons (Fsp3) is 0.474. The maximum atomic E-state index is 12.8. The van der Waals surface area contributed by atoms with Crippen molar-refractivity contribution in [2.75, 3.05) is 4.90 Å². The van der Waals surface area contributed by atoms with Crippen molar-refractivity contribution in [3.63, 3.8) is 0 Å². The smallest absolute Gasteiger partial charge is 0.261 e. The van der Waals surface area contributed by atoms with E-state index >= 15 is 0 Å². The number of carbonyl (C=O) groups is 2. The summed E-state index contributed by atoms with van der Waals surface area (Å²) in [5, 5.41) is 0. The zero-order chi connectivity index (χ0) is 16.2. The minimum absolute atomic E-state index is 0.148. The number of anilines is 1. The van der Waals surface area contributed by atoms with Crippen LogP contribution in [0.2, 0.25) is 0 Å². The molecular formula is C19H21NO3. The molecule has 0 unspecified atom stereocenters. The summed E-state index contributed by atoms with van der Waals surface area (Å²) in [7, 11) is 0. The fourth-order valence-corrected chi connectivity index (χ4v) is 3.78. The molecule has 4 rings (SSSR count). The molecule has 120 valence electrons. The van der Waals surface area contributed by atoms with Crippen molar-refractivity contribution in [1.29, 1.82) is 0 Å². The van der Waals surface area contributed by atoms with Crippen LogP contribution in [0.4, 0.5) is 5.69 Å². The predicted octanol–water partition coefficient (Wildman–Crippen LogP) is 3.53. The summed E-state index contributed by atoms with van der Waals surface area (Å²) in [5.41, 5.74) is 2.84. The molecule has 2 heterocycles. The predicted molar refractivity (Wildman–Crippen MR) is 87.5 cm³/mol. The fourth-order valence-electron chi connectivity index (χ4n) is 3.78. The first-order valence-corrected chi connectivity index (χ1v) is 8.40. The Kier molecular flexibility index (Phi) is 3.12. The summed E-state index contributed by atoms with van der Waals surface area (Å²) in [6.07, 6.45) is 5.25. The summed E-state index contributed by atoms with van der Waals surface area (Å²) in [5.74, 6) is 0.403. The Bertz CT molecular complexity index is 717. The Labute approximate surface area is 136 Å². The van der Waals surface area contributed by atoms with Crippen molar-refractivity contribution >= 4 is 17.5 Å². The zero-order valence-corrected chi connectivity index (χ0v) is 13.6. The lowest BCUT2D eigenvalue weighted by molar-refractivity contribution is -0.120. The highest BCUT2D eigenvalue weighted by molar-refractivity contribution is 6.33. The van der Waals surface area contributed by atoms with Crippen LogP contribution in [-0.4, -0.2) is 17.4 Å². The second-order valence-electron chi connectivity index (χ2n) is 7.24. The van der Waals surface area contributed by atoms with E-state index in [0.29, 0.717) is 22.6 Å².